The van der Waals surface area contributed by atoms with Gasteiger partial charge in [0.15, 0.2) is 10.3 Å². The van der Waals surface area contributed by atoms with Gasteiger partial charge in [0.25, 0.3) is 0 Å². The van der Waals surface area contributed by atoms with Crippen LogP contribution in [0.25, 0.3) is 10.2 Å². The topological polar surface area (TPSA) is 101 Å². The van der Waals surface area contributed by atoms with E-state index in [1.165, 1.54) is 16.9 Å². The van der Waals surface area contributed by atoms with Crippen molar-refractivity contribution in [3.05, 3.63) is 34.3 Å². The third-order valence-corrected chi connectivity index (χ3v) is 5.90. The van der Waals surface area contributed by atoms with E-state index in [9.17, 15) is 9.59 Å². The normalized spacial score (nSPS) is 10.9. The molecule has 3 rings (SSSR count). The Kier molecular flexibility index (Phi) is 5.19. The van der Waals surface area contributed by atoms with Gasteiger partial charge in [0.1, 0.15) is 0 Å². The first-order valence-corrected chi connectivity index (χ1v) is 9.63. The Morgan fingerprint density at radius 3 is 2.65 bits per heavy atom. The van der Waals surface area contributed by atoms with Crippen molar-refractivity contribution in [3.8, 4) is 0 Å². The minimum atomic E-state index is -0.450. The fourth-order valence-corrected chi connectivity index (χ4v) is 4.28. The number of nitrogens with one attached hydrogen (secondary N) is 1. The van der Waals surface area contributed by atoms with Crippen molar-refractivity contribution in [1.82, 2.24) is 9.97 Å². The maximum atomic E-state index is 12.3. The van der Waals surface area contributed by atoms with E-state index < -0.39 is 5.91 Å². The van der Waals surface area contributed by atoms with Gasteiger partial charge in [0.05, 0.1) is 28.9 Å². The van der Waals surface area contributed by atoms with Crippen molar-refractivity contribution >= 4 is 55.0 Å². The summed E-state index contributed by atoms with van der Waals surface area (Å²) in [5, 5.41) is 5.70. The first kappa shape index (κ1) is 18.3. The number of carbonyl (C=O) groups excluding carboxylic acids is 2. The molecule has 3 aromatic rings. The number of amides is 2. The van der Waals surface area contributed by atoms with Crippen LogP contribution >= 0.6 is 22.7 Å². The highest BCUT2D eigenvalue weighted by Gasteiger charge is 2.15. The maximum absolute atomic E-state index is 12.3. The lowest BCUT2D eigenvalue weighted by molar-refractivity contribution is -0.117. The third-order valence-electron chi connectivity index (χ3n) is 3.79. The van der Waals surface area contributed by atoms with Crippen molar-refractivity contribution < 1.29 is 9.59 Å². The lowest BCUT2D eigenvalue weighted by Crippen LogP contribution is -2.29. The van der Waals surface area contributed by atoms with Gasteiger partial charge in [-0.25, -0.2) is 9.97 Å². The zero-order valence-electron chi connectivity index (χ0n) is 14.7. The number of hydrogen-bond donors (Lipinski definition) is 2. The number of primary amides is 1. The van der Waals surface area contributed by atoms with Gasteiger partial charge in [-0.1, -0.05) is 23.5 Å². The van der Waals surface area contributed by atoms with Crippen LogP contribution in [0.2, 0.25) is 0 Å². The average molecular weight is 390 g/mol. The van der Waals surface area contributed by atoms with E-state index in [4.69, 9.17) is 5.73 Å². The molecule has 0 aliphatic carbocycles. The number of hydrogen-bond acceptors (Lipinski definition) is 7. The number of rotatable bonds is 6. The van der Waals surface area contributed by atoms with E-state index >= 15 is 0 Å². The van der Waals surface area contributed by atoms with Gasteiger partial charge in [-0.15, -0.1) is 11.3 Å². The monoisotopic (exact) mass is 389 g/mol. The van der Waals surface area contributed by atoms with Gasteiger partial charge in [-0.05, 0) is 25.0 Å². The molecule has 0 saturated heterocycles. The standard InChI is InChI=1S/C17H19N5O2S2/c1-9-4-5-10(2)15-14(9)21-17(26-15)22(3)7-13(24)20-16-19-11(8-25-16)6-12(18)23/h4-5,8H,6-7H2,1-3H3,(H2,18,23)(H,19,20,24). The van der Waals surface area contributed by atoms with Crippen LogP contribution in [0.3, 0.4) is 0 Å². The van der Waals surface area contributed by atoms with Crippen molar-refractivity contribution in [2.24, 2.45) is 5.73 Å². The Morgan fingerprint density at radius 1 is 1.23 bits per heavy atom. The first-order chi connectivity index (χ1) is 12.3. The van der Waals surface area contributed by atoms with E-state index in [2.05, 4.69) is 34.3 Å². The number of nitrogens with zero attached hydrogens (tertiary/aromatic N) is 3. The number of benzene rings is 1. The third kappa shape index (κ3) is 4.00. The smallest absolute Gasteiger partial charge is 0.245 e. The van der Waals surface area contributed by atoms with Crippen LogP contribution in [-0.2, 0) is 16.0 Å². The van der Waals surface area contributed by atoms with Crippen LogP contribution in [0.5, 0.6) is 0 Å². The maximum Gasteiger partial charge on any atom is 0.245 e. The van der Waals surface area contributed by atoms with Crippen LogP contribution in [0.1, 0.15) is 16.8 Å². The Balaban J connectivity index is 1.67. The summed E-state index contributed by atoms with van der Waals surface area (Å²) < 4.78 is 1.14. The molecule has 3 N–H and O–H groups in total. The number of thiazole rings is 2. The molecule has 0 fully saturated rings. The quantitative estimate of drug-likeness (QED) is 0.674. The Bertz CT molecular complexity index is 940. The summed E-state index contributed by atoms with van der Waals surface area (Å²) >= 11 is 2.84. The average Bonchev–Trinajstić information content (AvgIpc) is 3.18. The number of anilines is 2. The molecule has 0 aliphatic heterocycles. The lowest BCUT2D eigenvalue weighted by atomic mass is 10.1. The number of aromatic nitrogens is 2. The van der Waals surface area contributed by atoms with Crippen LogP contribution < -0.4 is 16.0 Å². The van der Waals surface area contributed by atoms with Crippen molar-refractivity contribution in [2.75, 3.05) is 23.8 Å². The predicted molar refractivity (Wildman–Crippen MR) is 106 cm³/mol. The molecule has 7 nitrogen and oxygen atoms in total. The molecule has 0 atom stereocenters. The number of likely N-dealkylation sites (N-methyl/N-ethyl adjacent to an activating group) is 1. The van der Waals surface area contributed by atoms with Gasteiger partial charge >= 0.3 is 0 Å². The second kappa shape index (κ2) is 7.38. The summed E-state index contributed by atoms with van der Waals surface area (Å²) in [6, 6.07) is 4.14. The molecule has 0 spiro atoms. The van der Waals surface area contributed by atoms with Crippen molar-refractivity contribution in [2.45, 2.75) is 20.3 Å². The highest BCUT2D eigenvalue weighted by atomic mass is 32.1. The molecule has 0 bridgehead atoms. The fraction of sp³-hybridized carbons (Fsp3) is 0.294. The molecule has 9 heteroatoms. The molecule has 0 unspecified atom stereocenters. The summed E-state index contributed by atoms with van der Waals surface area (Å²) in [6.45, 7) is 4.25. The summed E-state index contributed by atoms with van der Waals surface area (Å²) in [7, 11) is 1.84. The number of carbonyl (C=O) groups is 2. The molecule has 2 aromatic heterocycles. The second-order valence-electron chi connectivity index (χ2n) is 6.06. The highest BCUT2D eigenvalue weighted by Crippen LogP contribution is 2.32. The second-order valence-corrected chi connectivity index (χ2v) is 7.90. The van der Waals surface area contributed by atoms with E-state index in [1.54, 1.807) is 16.7 Å². The molecule has 26 heavy (non-hydrogen) atoms. The molecule has 1 aromatic carbocycles. The number of fused-ring (bicyclic) bond motifs is 1. The number of aryl methyl sites for hydroxylation is 2. The molecular formula is C17H19N5O2S2. The zero-order chi connectivity index (χ0) is 18.8. The van der Waals surface area contributed by atoms with Crippen LogP contribution in [0.4, 0.5) is 10.3 Å². The largest absolute Gasteiger partial charge is 0.369 e. The van der Waals surface area contributed by atoms with Gasteiger partial charge in [-0.2, -0.15) is 0 Å². The summed E-state index contributed by atoms with van der Waals surface area (Å²) in [4.78, 5) is 33.9. The van der Waals surface area contributed by atoms with Gasteiger partial charge in [-0.3, -0.25) is 9.59 Å². The van der Waals surface area contributed by atoms with E-state index in [0.29, 0.717) is 10.8 Å². The Morgan fingerprint density at radius 2 is 1.96 bits per heavy atom. The van der Waals surface area contributed by atoms with Crippen molar-refractivity contribution in [1.29, 1.82) is 0 Å². The van der Waals surface area contributed by atoms with Crippen LogP contribution in [-0.4, -0.2) is 35.4 Å². The minimum Gasteiger partial charge on any atom is -0.369 e. The highest BCUT2D eigenvalue weighted by molar-refractivity contribution is 7.22. The van der Waals surface area contributed by atoms with Crippen molar-refractivity contribution in [3.63, 3.8) is 0 Å². The molecular weight excluding hydrogens is 370 g/mol. The Hall–Kier alpha value is -2.52. The molecule has 2 amide bonds. The molecule has 2 heterocycles. The molecule has 0 aliphatic rings. The zero-order valence-corrected chi connectivity index (χ0v) is 16.3. The van der Waals surface area contributed by atoms with Gasteiger partial charge in [0, 0.05) is 12.4 Å². The van der Waals surface area contributed by atoms with Gasteiger partial charge < -0.3 is 16.0 Å². The minimum absolute atomic E-state index is 0.0662. The predicted octanol–water partition coefficient (Wildman–Crippen LogP) is 2.47. The van der Waals surface area contributed by atoms with Gasteiger partial charge in [0.2, 0.25) is 11.8 Å². The van der Waals surface area contributed by atoms with E-state index in [-0.39, 0.29) is 18.9 Å². The molecule has 0 radical (unpaired) electrons. The Labute approximate surface area is 158 Å². The van der Waals surface area contributed by atoms with Crippen LogP contribution in [0.15, 0.2) is 17.5 Å². The number of nitrogens with two attached hydrogens (primary N) is 1. The fourth-order valence-electron chi connectivity index (χ4n) is 2.48. The SMILES string of the molecule is Cc1ccc(C)c2sc(N(C)CC(=O)Nc3nc(CC(N)=O)cs3)nc12. The summed E-state index contributed by atoms with van der Waals surface area (Å²) in [6.07, 6.45) is 0.0662. The molecule has 136 valence electrons. The van der Waals surface area contributed by atoms with E-state index in [1.807, 2.05) is 18.9 Å². The first-order valence-electron chi connectivity index (χ1n) is 7.94. The summed E-state index contributed by atoms with van der Waals surface area (Å²) in [5.41, 5.74) is 8.98. The van der Waals surface area contributed by atoms with Crippen LogP contribution in [0, 0.1) is 13.8 Å². The molecule has 0 saturated carbocycles. The van der Waals surface area contributed by atoms with E-state index in [0.717, 1.165) is 20.9 Å². The lowest BCUT2D eigenvalue weighted by Gasteiger charge is -2.14. The summed E-state index contributed by atoms with van der Waals surface area (Å²) in [5.74, 6) is -0.644.